The van der Waals surface area contributed by atoms with E-state index >= 15 is 0 Å². The van der Waals surface area contributed by atoms with Crippen LogP contribution in [0, 0.1) is 16.0 Å². The molecule has 0 bridgehead atoms. The zero-order valence-electron chi connectivity index (χ0n) is 9.84. The number of carbonyl (C=O) groups is 1. The van der Waals surface area contributed by atoms with Gasteiger partial charge < -0.3 is 15.8 Å². The van der Waals surface area contributed by atoms with Gasteiger partial charge in [0, 0.05) is 18.2 Å². The fraction of sp³-hybridized carbons (Fsp3) is 0.364. The smallest absolute Gasteiger partial charge is 0.271 e. The lowest BCUT2D eigenvalue weighted by Gasteiger charge is -2.14. The van der Waals surface area contributed by atoms with Crippen molar-refractivity contribution in [2.24, 2.45) is 11.7 Å². The van der Waals surface area contributed by atoms with Gasteiger partial charge in [-0.15, -0.1) is 0 Å². The third-order valence-corrected chi connectivity index (χ3v) is 3.21. The number of carbonyl (C=O) groups excluding carboxylic acids is 1. The Morgan fingerprint density at radius 3 is 2.84 bits per heavy atom. The topological polar surface area (TPSA) is 107 Å². The molecule has 1 fully saturated rings. The first-order chi connectivity index (χ1) is 8.99. The van der Waals surface area contributed by atoms with Crippen molar-refractivity contribution in [1.29, 1.82) is 0 Å². The monoisotopic (exact) mass is 285 g/mol. The van der Waals surface area contributed by atoms with Crippen molar-refractivity contribution in [2.75, 3.05) is 18.5 Å². The van der Waals surface area contributed by atoms with Crippen molar-refractivity contribution in [3.05, 3.63) is 33.3 Å². The van der Waals surface area contributed by atoms with Gasteiger partial charge in [0.05, 0.1) is 34.8 Å². The summed E-state index contributed by atoms with van der Waals surface area (Å²) in [4.78, 5) is 22.1. The molecule has 1 saturated heterocycles. The molecule has 7 nitrogen and oxygen atoms in total. The highest BCUT2D eigenvalue weighted by atomic mass is 35.5. The minimum atomic E-state index is -0.559. The highest BCUT2D eigenvalue weighted by Gasteiger charge is 2.31. The Morgan fingerprint density at radius 2 is 2.26 bits per heavy atom. The molecule has 2 atom stereocenters. The van der Waals surface area contributed by atoms with E-state index in [1.165, 1.54) is 18.2 Å². The molecule has 0 aromatic heterocycles. The van der Waals surface area contributed by atoms with Crippen LogP contribution in [-0.4, -0.2) is 30.1 Å². The summed E-state index contributed by atoms with van der Waals surface area (Å²) in [5.74, 6) is -0.831. The summed E-state index contributed by atoms with van der Waals surface area (Å²) in [6.07, 6.45) is 0. The van der Waals surface area contributed by atoms with E-state index in [9.17, 15) is 14.9 Å². The number of benzene rings is 1. The summed E-state index contributed by atoms with van der Waals surface area (Å²) < 4.78 is 5.09. The molecule has 102 valence electrons. The summed E-state index contributed by atoms with van der Waals surface area (Å²) in [7, 11) is 0. The SMILES string of the molecule is NC1COCC1C(=O)Nc1cc([N+](=O)[O-])ccc1Cl. The van der Waals surface area contributed by atoms with Crippen LogP contribution in [0.5, 0.6) is 0 Å². The van der Waals surface area contributed by atoms with E-state index in [0.29, 0.717) is 6.61 Å². The number of hydrogen-bond donors (Lipinski definition) is 2. The number of halogens is 1. The van der Waals surface area contributed by atoms with Crippen LogP contribution >= 0.6 is 11.6 Å². The number of nitro groups is 1. The van der Waals surface area contributed by atoms with Gasteiger partial charge in [-0.3, -0.25) is 14.9 Å². The second-order valence-corrected chi connectivity index (χ2v) is 4.63. The van der Waals surface area contributed by atoms with Crippen molar-refractivity contribution < 1.29 is 14.5 Å². The molecule has 1 aliphatic heterocycles. The molecule has 19 heavy (non-hydrogen) atoms. The van der Waals surface area contributed by atoms with Crippen LogP contribution in [0.4, 0.5) is 11.4 Å². The van der Waals surface area contributed by atoms with Gasteiger partial charge in [-0.2, -0.15) is 0 Å². The number of hydrogen-bond acceptors (Lipinski definition) is 5. The minimum absolute atomic E-state index is 0.147. The van der Waals surface area contributed by atoms with E-state index < -0.39 is 10.8 Å². The number of nitro benzene ring substituents is 1. The lowest BCUT2D eigenvalue weighted by atomic mass is 10.0. The van der Waals surface area contributed by atoms with Crippen LogP contribution in [0.15, 0.2) is 18.2 Å². The van der Waals surface area contributed by atoms with Gasteiger partial charge >= 0.3 is 0 Å². The van der Waals surface area contributed by atoms with Crippen molar-refractivity contribution in [3.63, 3.8) is 0 Å². The van der Waals surface area contributed by atoms with Gasteiger partial charge in [-0.1, -0.05) is 11.6 Å². The number of rotatable bonds is 3. The average Bonchev–Trinajstić information content (AvgIpc) is 2.78. The van der Waals surface area contributed by atoms with Crippen molar-refractivity contribution in [3.8, 4) is 0 Å². The number of non-ortho nitro benzene ring substituents is 1. The molecule has 8 heteroatoms. The van der Waals surface area contributed by atoms with Gasteiger partial charge in [0.25, 0.3) is 5.69 Å². The Hall–Kier alpha value is -1.70. The molecule has 0 radical (unpaired) electrons. The Labute approximate surface area is 113 Å². The number of nitrogens with zero attached hydrogens (tertiary/aromatic N) is 1. The van der Waals surface area contributed by atoms with E-state index in [4.69, 9.17) is 22.1 Å². The number of nitrogens with one attached hydrogen (secondary N) is 1. The van der Waals surface area contributed by atoms with Crippen LogP contribution in [0.25, 0.3) is 0 Å². The lowest BCUT2D eigenvalue weighted by Crippen LogP contribution is -2.37. The van der Waals surface area contributed by atoms with Crippen LogP contribution < -0.4 is 11.1 Å². The molecule has 0 aliphatic carbocycles. The average molecular weight is 286 g/mol. The molecule has 0 spiro atoms. The molecular weight excluding hydrogens is 274 g/mol. The Bertz CT molecular complexity index is 523. The van der Waals surface area contributed by atoms with Gasteiger partial charge in [-0.25, -0.2) is 0 Å². The maximum Gasteiger partial charge on any atom is 0.271 e. The van der Waals surface area contributed by atoms with Crippen LogP contribution in [0.3, 0.4) is 0 Å². The second-order valence-electron chi connectivity index (χ2n) is 4.22. The number of ether oxygens (including phenoxy) is 1. The van der Waals surface area contributed by atoms with Crippen LogP contribution in [0.2, 0.25) is 5.02 Å². The van der Waals surface area contributed by atoms with Gasteiger partial charge in [-0.05, 0) is 6.07 Å². The highest BCUT2D eigenvalue weighted by molar-refractivity contribution is 6.33. The summed E-state index contributed by atoms with van der Waals surface area (Å²) in [5.41, 5.74) is 5.77. The van der Waals surface area contributed by atoms with Crippen LogP contribution in [0.1, 0.15) is 0 Å². The molecule has 1 amide bonds. The zero-order valence-corrected chi connectivity index (χ0v) is 10.6. The van der Waals surface area contributed by atoms with E-state index in [-0.39, 0.29) is 35.0 Å². The van der Waals surface area contributed by atoms with Crippen molar-refractivity contribution in [1.82, 2.24) is 0 Å². The third-order valence-electron chi connectivity index (χ3n) is 2.88. The van der Waals surface area contributed by atoms with Crippen LogP contribution in [-0.2, 0) is 9.53 Å². The van der Waals surface area contributed by atoms with E-state index in [2.05, 4.69) is 5.32 Å². The minimum Gasteiger partial charge on any atom is -0.379 e. The number of nitrogens with two attached hydrogens (primary N) is 1. The Kier molecular flexibility index (Phi) is 3.98. The number of amides is 1. The molecule has 3 N–H and O–H groups in total. The molecule has 1 aromatic carbocycles. The molecular formula is C11H12ClN3O4. The van der Waals surface area contributed by atoms with E-state index in [1.54, 1.807) is 0 Å². The predicted octanol–water partition coefficient (Wildman–Crippen LogP) is 1.16. The van der Waals surface area contributed by atoms with Crippen molar-refractivity contribution in [2.45, 2.75) is 6.04 Å². The fourth-order valence-electron chi connectivity index (χ4n) is 1.79. The molecule has 2 unspecified atom stereocenters. The maximum absolute atomic E-state index is 12.0. The summed E-state index contributed by atoms with van der Waals surface area (Å²) in [5, 5.41) is 13.4. The first kappa shape index (κ1) is 13.7. The van der Waals surface area contributed by atoms with Gasteiger partial charge in [0.15, 0.2) is 0 Å². The summed E-state index contributed by atoms with van der Waals surface area (Å²) in [6, 6.07) is 3.46. The zero-order chi connectivity index (χ0) is 14.0. The quantitative estimate of drug-likeness (QED) is 0.640. The Morgan fingerprint density at radius 1 is 1.53 bits per heavy atom. The Balaban J connectivity index is 2.16. The highest BCUT2D eigenvalue weighted by Crippen LogP contribution is 2.27. The normalized spacial score (nSPS) is 22.2. The van der Waals surface area contributed by atoms with Gasteiger partial charge in [0.1, 0.15) is 0 Å². The third kappa shape index (κ3) is 3.01. The molecule has 1 aromatic rings. The van der Waals surface area contributed by atoms with Crippen molar-refractivity contribution >= 4 is 28.9 Å². The largest absolute Gasteiger partial charge is 0.379 e. The first-order valence-corrected chi connectivity index (χ1v) is 5.95. The maximum atomic E-state index is 12.0. The fourth-order valence-corrected chi connectivity index (χ4v) is 1.95. The van der Waals surface area contributed by atoms with Gasteiger partial charge in [0.2, 0.25) is 5.91 Å². The molecule has 1 heterocycles. The van der Waals surface area contributed by atoms with E-state index in [0.717, 1.165) is 0 Å². The molecule has 1 aliphatic rings. The summed E-state index contributed by atoms with van der Waals surface area (Å²) >= 11 is 5.89. The number of anilines is 1. The first-order valence-electron chi connectivity index (χ1n) is 5.57. The summed E-state index contributed by atoms with van der Waals surface area (Å²) in [6.45, 7) is 0.556. The lowest BCUT2D eigenvalue weighted by molar-refractivity contribution is -0.384. The van der Waals surface area contributed by atoms with E-state index in [1.807, 2.05) is 0 Å². The second kappa shape index (κ2) is 5.52. The molecule has 2 rings (SSSR count). The standard InChI is InChI=1S/C11H12ClN3O4/c12-8-2-1-6(15(17)18)3-10(8)14-11(16)7-4-19-5-9(7)13/h1-3,7,9H,4-5,13H2,(H,14,16). The predicted molar refractivity (Wildman–Crippen MR) is 69.0 cm³/mol. The molecule has 0 saturated carbocycles.